The van der Waals surface area contributed by atoms with Crippen LogP contribution in [0.15, 0.2) is 75.1 Å². The summed E-state index contributed by atoms with van der Waals surface area (Å²) < 4.78 is 42.2. The number of benzene rings is 3. The lowest BCUT2D eigenvalue weighted by Crippen LogP contribution is -2.29. The Balaban J connectivity index is 1.72. The molecule has 0 aliphatic rings. The second-order valence-electron chi connectivity index (χ2n) is 6.40. The Bertz CT molecular complexity index is 1500. The van der Waals surface area contributed by atoms with Crippen molar-refractivity contribution in [3.05, 3.63) is 92.2 Å². The molecule has 0 saturated carbocycles. The van der Waals surface area contributed by atoms with E-state index in [1.165, 1.54) is 12.1 Å². The summed E-state index contributed by atoms with van der Waals surface area (Å²) >= 11 is 6.30. The smallest absolute Gasteiger partial charge is 0.314 e. The Morgan fingerprint density at radius 3 is 2.13 bits per heavy atom. The molecule has 0 unspecified atom stereocenters. The van der Waals surface area contributed by atoms with Gasteiger partial charge in [-0.05, 0) is 23.8 Å². The van der Waals surface area contributed by atoms with Crippen LogP contribution >= 0.6 is 11.6 Å². The van der Waals surface area contributed by atoms with Crippen molar-refractivity contribution < 1.29 is 12.8 Å². The molecule has 3 aromatic carbocycles. The zero-order chi connectivity index (χ0) is 21.5. The van der Waals surface area contributed by atoms with Gasteiger partial charge >= 0.3 is 11.1 Å². The number of H-pyrrole nitrogens is 2. The molecular weight excluding hydrogens is 433 g/mol. The van der Waals surface area contributed by atoms with Crippen LogP contribution in [0, 0.1) is 5.82 Å². The normalized spacial score (nSPS) is 11.5. The van der Waals surface area contributed by atoms with Crippen molar-refractivity contribution in [1.29, 1.82) is 0 Å². The minimum Gasteiger partial charge on any atom is -0.316 e. The van der Waals surface area contributed by atoms with Crippen molar-refractivity contribution in [2.75, 3.05) is 4.72 Å². The van der Waals surface area contributed by atoms with E-state index in [2.05, 4.69) is 14.7 Å². The van der Waals surface area contributed by atoms with Gasteiger partial charge < -0.3 is 9.97 Å². The monoisotopic (exact) mass is 445 g/mol. The van der Waals surface area contributed by atoms with Crippen LogP contribution in [0.4, 0.5) is 10.1 Å². The molecule has 0 radical (unpaired) electrons. The van der Waals surface area contributed by atoms with Crippen LogP contribution in [0.2, 0.25) is 5.02 Å². The maximum absolute atomic E-state index is 14.5. The summed E-state index contributed by atoms with van der Waals surface area (Å²) in [6.07, 6.45) is 0. The zero-order valence-electron chi connectivity index (χ0n) is 15.1. The summed E-state index contributed by atoms with van der Waals surface area (Å²) in [4.78, 5) is 26.6. The highest BCUT2D eigenvalue weighted by Crippen LogP contribution is 2.31. The number of aromatic amines is 2. The van der Waals surface area contributed by atoms with Gasteiger partial charge in [0, 0.05) is 11.6 Å². The maximum Gasteiger partial charge on any atom is 0.314 e. The predicted octanol–water partition coefficient (Wildman–Crippen LogP) is 3.48. The van der Waals surface area contributed by atoms with Gasteiger partial charge in [0.15, 0.2) is 0 Å². The topological polar surface area (TPSA) is 112 Å². The molecule has 0 atom stereocenters. The third-order valence-electron chi connectivity index (χ3n) is 4.37. The first-order valence-corrected chi connectivity index (χ1v) is 10.4. The average Bonchev–Trinajstić information content (AvgIpc) is 2.69. The summed E-state index contributed by atoms with van der Waals surface area (Å²) in [7, 11) is -4.35. The van der Waals surface area contributed by atoms with Crippen LogP contribution in [0.5, 0.6) is 0 Å². The van der Waals surface area contributed by atoms with Gasteiger partial charge in [-0.25, -0.2) is 12.8 Å². The number of hydrogen-bond acceptors (Lipinski definition) is 4. The van der Waals surface area contributed by atoms with E-state index >= 15 is 0 Å². The number of nitrogens with one attached hydrogen (secondary N) is 3. The molecule has 0 fully saturated rings. The fraction of sp³-hybridized carbons (Fsp3) is 0. The molecule has 0 bridgehead atoms. The molecule has 0 saturated heterocycles. The zero-order valence-corrected chi connectivity index (χ0v) is 16.6. The molecule has 152 valence electrons. The highest BCUT2D eigenvalue weighted by Gasteiger charge is 2.21. The molecule has 4 rings (SSSR count). The molecule has 30 heavy (non-hydrogen) atoms. The lowest BCUT2D eigenvalue weighted by Gasteiger charge is -2.12. The predicted molar refractivity (Wildman–Crippen MR) is 113 cm³/mol. The summed E-state index contributed by atoms with van der Waals surface area (Å²) in [6, 6.07) is 15.6. The number of aromatic nitrogens is 2. The molecule has 0 aliphatic carbocycles. The molecular formula is C20H13ClFN3O4S. The number of anilines is 1. The fourth-order valence-electron chi connectivity index (χ4n) is 2.96. The van der Waals surface area contributed by atoms with E-state index in [-0.39, 0.29) is 16.7 Å². The van der Waals surface area contributed by atoms with Gasteiger partial charge in [0.05, 0.1) is 21.7 Å². The van der Waals surface area contributed by atoms with E-state index in [4.69, 9.17) is 11.6 Å². The van der Waals surface area contributed by atoms with Crippen LogP contribution in [0.3, 0.4) is 0 Å². The molecule has 1 heterocycles. The van der Waals surface area contributed by atoms with Crippen molar-refractivity contribution in [3.8, 4) is 11.1 Å². The molecule has 10 heteroatoms. The molecule has 3 N–H and O–H groups in total. The van der Waals surface area contributed by atoms with E-state index in [1.54, 1.807) is 6.07 Å². The standard InChI is InChI=1S/C20H13ClFN3O4S/c21-14-8-12(6-7-13(14)11-4-2-1-3-5-11)25-30(28,29)18-10-17-16(9-15(18)22)23-19(26)20(27)24-17/h1-10,25H,(H,23,26)(H,24,27). The highest BCUT2D eigenvalue weighted by atomic mass is 35.5. The van der Waals surface area contributed by atoms with Crippen molar-refractivity contribution in [3.63, 3.8) is 0 Å². The second-order valence-corrected chi connectivity index (χ2v) is 8.46. The number of fused-ring (bicyclic) bond motifs is 1. The third kappa shape index (κ3) is 3.72. The van der Waals surface area contributed by atoms with Gasteiger partial charge in [-0.15, -0.1) is 0 Å². The number of rotatable bonds is 4. The van der Waals surface area contributed by atoms with Crippen molar-refractivity contribution in [2.24, 2.45) is 0 Å². The van der Waals surface area contributed by atoms with Crippen LogP contribution in [-0.2, 0) is 10.0 Å². The van der Waals surface area contributed by atoms with Crippen LogP contribution in [-0.4, -0.2) is 18.4 Å². The van der Waals surface area contributed by atoms with E-state index in [0.717, 1.165) is 17.7 Å². The van der Waals surface area contributed by atoms with Crippen LogP contribution in [0.25, 0.3) is 22.2 Å². The average molecular weight is 446 g/mol. The largest absolute Gasteiger partial charge is 0.316 e. The van der Waals surface area contributed by atoms with Gasteiger partial charge in [0.1, 0.15) is 10.7 Å². The molecule has 0 spiro atoms. The van der Waals surface area contributed by atoms with Gasteiger partial charge in [0.25, 0.3) is 10.0 Å². The van der Waals surface area contributed by atoms with Gasteiger partial charge in [-0.1, -0.05) is 48.0 Å². The quantitative estimate of drug-likeness (QED) is 0.417. The van der Waals surface area contributed by atoms with Crippen molar-refractivity contribution >= 4 is 38.3 Å². The number of halogens is 2. The number of hydrogen-bond donors (Lipinski definition) is 3. The van der Waals surface area contributed by atoms with Crippen LogP contribution in [0.1, 0.15) is 0 Å². The highest BCUT2D eigenvalue weighted by molar-refractivity contribution is 7.92. The van der Waals surface area contributed by atoms with E-state index in [0.29, 0.717) is 10.6 Å². The minimum absolute atomic E-state index is 0.0289. The molecule has 0 amide bonds. The third-order valence-corrected chi connectivity index (χ3v) is 6.08. The Morgan fingerprint density at radius 1 is 0.867 bits per heavy atom. The van der Waals surface area contributed by atoms with Crippen LogP contribution < -0.4 is 15.8 Å². The molecule has 0 aliphatic heterocycles. The Labute approximate surface area is 174 Å². The Hall–Kier alpha value is -3.43. The summed E-state index contributed by atoms with van der Waals surface area (Å²) in [6.45, 7) is 0. The first-order valence-electron chi connectivity index (χ1n) is 8.58. The first-order chi connectivity index (χ1) is 14.2. The minimum atomic E-state index is -4.35. The fourth-order valence-corrected chi connectivity index (χ4v) is 4.39. The SMILES string of the molecule is O=c1[nH]c2cc(F)c(S(=O)(=O)Nc3ccc(-c4ccccc4)c(Cl)c3)cc2[nH]c1=O. The lowest BCUT2D eigenvalue weighted by atomic mass is 10.1. The maximum atomic E-state index is 14.5. The van der Waals surface area contributed by atoms with Gasteiger partial charge in [-0.2, -0.15) is 0 Å². The lowest BCUT2D eigenvalue weighted by molar-refractivity contribution is 0.571. The Kier molecular flexibility index (Phi) is 4.92. The number of sulfonamides is 1. The summed E-state index contributed by atoms with van der Waals surface area (Å²) in [5.41, 5.74) is -0.314. The summed E-state index contributed by atoms with van der Waals surface area (Å²) in [5, 5.41) is 0.308. The van der Waals surface area contributed by atoms with Crippen molar-refractivity contribution in [1.82, 2.24) is 9.97 Å². The molecule has 4 aromatic rings. The Morgan fingerprint density at radius 2 is 1.50 bits per heavy atom. The summed E-state index contributed by atoms with van der Waals surface area (Å²) in [5.74, 6) is -1.09. The van der Waals surface area contributed by atoms with E-state index < -0.39 is 31.9 Å². The molecule has 1 aromatic heterocycles. The first kappa shape index (κ1) is 19.9. The molecule has 7 nitrogen and oxygen atoms in total. The van der Waals surface area contributed by atoms with Gasteiger partial charge in [0.2, 0.25) is 0 Å². The van der Waals surface area contributed by atoms with E-state index in [1.807, 2.05) is 30.3 Å². The second kappa shape index (κ2) is 7.43. The van der Waals surface area contributed by atoms with E-state index in [9.17, 15) is 22.4 Å². The van der Waals surface area contributed by atoms with Crippen molar-refractivity contribution in [2.45, 2.75) is 4.90 Å². The van der Waals surface area contributed by atoms with Gasteiger partial charge in [-0.3, -0.25) is 14.3 Å².